The van der Waals surface area contributed by atoms with Crippen molar-refractivity contribution in [1.82, 2.24) is 4.98 Å². The molecule has 9 heteroatoms. The van der Waals surface area contributed by atoms with Gasteiger partial charge in [-0.15, -0.1) is 11.3 Å². The predicted octanol–water partition coefficient (Wildman–Crippen LogP) is 4.86. The van der Waals surface area contributed by atoms with Crippen LogP contribution < -0.4 is 5.32 Å². The van der Waals surface area contributed by atoms with E-state index in [1.54, 1.807) is 6.07 Å². The molecule has 1 aromatic heterocycles. The summed E-state index contributed by atoms with van der Waals surface area (Å²) in [5, 5.41) is 2.41. The lowest BCUT2D eigenvalue weighted by molar-refractivity contribution is -0.150. The van der Waals surface area contributed by atoms with Gasteiger partial charge in [0.15, 0.2) is 10.4 Å². The standard InChI is InChI=1S/C18H14BrFN2O3S2/c1-10(17(24)21-13-7-6-11(19)8-12(13)20)25-16(23)9-26-18-22-14-4-2-3-5-15(14)27-18/h2-8,10H,9H2,1H3,(H,21,24). The summed E-state index contributed by atoms with van der Waals surface area (Å²) in [5.41, 5.74) is 0.901. The van der Waals surface area contributed by atoms with Crippen molar-refractivity contribution in [1.29, 1.82) is 0 Å². The summed E-state index contributed by atoms with van der Waals surface area (Å²) in [6, 6.07) is 12.0. The number of rotatable bonds is 6. The van der Waals surface area contributed by atoms with Gasteiger partial charge in [-0.2, -0.15) is 0 Å². The van der Waals surface area contributed by atoms with Gasteiger partial charge in [0, 0.05) is 4.47 Å². The fourth-order valence-electron chi connectivity index (χ4n) is 2.14. The zero-order valence-corrected chi connectivity index (χ0v) is 17.3. The lowest BCUT2D eigenvalue weighted by Gasteiger charge is -2.13. The monoisotopic (exact) mass is 468 g/mol. The third-order valence-corrected chi connectivity index (χ3v) is 6.10. The van der Waals surface area contributed by atoms with E-state index in [2.05, 4.69) is 26.2 Å². The highest BCUT2D eigenvalue weighted by molar-refractivity contribution is 9.10. The number of carbonyl (C=O) groups is 2. The number of aromatic nitrogens is 1. The van der Waals surface area contributed by atoms with Gasteiger partial charge in [-0.3, -0.25) is 9.59 Å². The number of halogens is 2. The van der Waals surface area contributed by atoms with Crippen LogP contribution in [-0.4, -0.2) is 28.7 Å². The summed E-state index contributed by atoms with van der Waals surface area (Å²) in [7, 11) is 0. The number of para-hydroxylation sites is 1. The van der Waals surface area contributed by atoms with E-state index in [1.165, 1.54) is 42.2 Å². The van der Waals surface area contributed by atoms with Crippen molar-refractivity contribution in [3.8, 4) is 0 Å². The highest BCUT2D eigenvalue weighted by Crippen LogP contribution is 2.29. The number of hydrogen-bond acceptors (Lipinski definition) is 6. The highest BCUT2D eigenvalue weighted by Gasteiger charge is 2.19. The summed E-state index contributed by atoms with van der Waals surface area (Å²) in [5.74, 6) is -1.69. The van der Waals surface area contributed by atoms with Crippen LogP contribution in [-0.2, 0) is 14.3 Å². The van der Waals surface area contributed by atoms with Crippen molar-refractivity contribution in [2.45, 2.75) is 17.4 Å². The Morgan fingerprint density at radius 2 is 2.11 bits per heavy atom. The fourth-order valence-corrected chi connectivity index (χ4v) is 4.33. The molecule has 3 aromatic rings. The minimum absolute atomic E-state index is 0.0231. The van der Waals surface area contributed by atoms with Gasteiger partial charge < -0.3 is 10.1 Å². The maximum absolute atomic E-state index is 13.8. The van der Waals surface area contributed by atoms with Gasteiger partial charge in [-0.05, 0) is 37.3 Å². The molecule has 0 fully saturated rings. The molecule has 3 rings (SSSR count). The SMILES string of the molecule is CC(OC(=O)CSc1nc2ccccc2s1)C(=O)Nc1ccc(Br)cc1F. The van der Waals surface area contributed by atoms with Gasteiger partial charge in [0.2, 0.25) is 0 Å². The van der Waals surface area contributed by atoms with Crippen LogP contribution in [0.2, 0.25) is 0 Å². The lowest BCUT2D eigenvalue weighted by Crippen LogP contribution is -2.30. The second-order valence-corrected chi connectivity index (χ2v) is 8.65. The van der Waals surface area contributed by atoms with E-state index in [9.17, 15) is 14.0 Å². The number of thiazole rings is 1. The van der Waals surface area contributed by atoms with E-state index in [-0.39, 0.29) is 11.4 Å². The second-order valence-electron chi connectivity index (χ2n) is 5.48. The molecule has 0 aliphatic carbocycles. The first-order valence-corrected chi connectivity index (χ1v) is 10.5. The minimum atomic E-state index is -1.04. The third-order valence-electron chi connectivity index (χ3n) is 3.45. The van der Waals surface area contributed by atoms with E-state index in [1.807, 2.05) is 24.3 Å². The van der Waals surface area contributed by atoms with Crippen molar-refractivity contribution in [3.05, 3.63) is 52.8 Å². The molecule has 1 N–H and O–H groups in total. The van der Waals surface area contributed by atoms with Crippen LogP contribution in [0.25, 0.3) is 10.2 Å². The van der Waals surface area contributed by atoms with Gasteiger partial charge in [-0.1, -0.05) is 39.8 Å². The number of thioether (sulfide) groups is 1. The summed E-state index contributed by atoms with van der Waals surface area (Å²) in [4.78, 5) is 28.5. The molecule has 5 nitrogen and oxygen atoms in total. The van der Waals surface area contributed by atoms with E-state index < -0.39 is 23.8 Å². The summed E-state index contributed by atoms with van der Waals surface area (Å²) in [6.07, 6.45) is -1.04. The minimum Gasteiger partial charge on any atom is -0.452 e. The molecule has 1 heterocycles. The number of ether oxygens (including phenoxy) is 1. The van der Waals surface area contributed by atoms with Gasteiger partial charge in [0.05, 0.1) is 21.7 Å². The number of hydrogen-bond donors (Lipinski definition) is 1. The molecule has 0 bridgehead atoms. The van der Waals surface area contributed by atoms with Crippen molar-refractivity contribution in [3.63, 3.8) is 0 Å². The average molecular weight is 469 g/mol. The smallest absolute Gasteiger partial charge is 0.317 e. The van der Waals surface area contributed by atoms with E-state index >= 15 is 0 Å². The van der Waals surface area contributed by atoms with Crippen LogP contribution in [0, 0.1) is 5.82 Å². The Bertz CT molecular complexity index is 963. The molecule has 1 amide bonds. The van der Waals surface area contributed by atoms with Crippen LogP contribution in [0.15, 0.2) is 51.3 Å². The number of nitrogens with zero attached hydrogens (tertiary/aromatic N) is 1. The Balaban J connectivity index is 1.51. The van der Waals surface area contributed by atoms with E-state index in [4.69, 9.17) is 4.74 Å². The molecule has 0 aliphatic rings. The number of benzene rings is 2. The van der Waals surface area contributed by atoms with Crippen LogP contribution in [0.1, 0.15) is 6.92 Å². The second kappa shape index (κ2) is 8.81. The van der Waals surface area contributed by atoms with Gasteiger partial charge in [0.25, 0.3) is 5.91 Å². The number of amides is 1. The molecule has 0 aliphatic heterocycles. The van der Waals surface area contributed by atoms with Crippen molar-refractivity contribution >= 4 is 66.8 Å². The topological polar surface area (TPSA) is 68.3 Å². The number of esters is 1. The summed E-state index contributed by atoms with van der Waals surface area (Å²) >= 11 is 5.88. The zero-order valence-electron chi connectivity index (χ0n) is 14.1. The van der Waals surface area contributed by atoms with Crippen LogP contribution in [0.3, 0.4) is 0 Å². The molecule has 0 saturated carbocycles. The number of anilines is 1. The zero-order chi connectivity index (χ0) is 19.4. The Kier molecular flexibility index (Phi) is 6.46. The van der Waals surface area contributed by atoms with Crippen LogP contribution >= 0.6 is 39.0 Å². The molecule has 27 heavy (non-hydrogen) atoms. The predicted molar refractivity (Wildman–Crippen MR) is 109 cm³/mol. The summed E-state index contributed by atoms with van der Waals surface area (Å²) < 4.78 is 21.2. The van der Waals surface area contributed by atoms with Gasteiger partial charge in [-0.25, -0.2) is 9.37 Å². The highest BCUT2D eigenvalue weighted by atomic mass is 79.9. The van der Waals surface area contributed by atoms with Gasteiger partial charge in [0.1, 0.15) is 5.82 Å². The first-order valence-electron chi connectivity index (χ1n) is 7.86. The molecule has 1 atom stereocenters. The molecular weight excluding hydrogens is 455 g/mol. The third kappa shape index (κ3) is 5.27. The van der Waals surface area contributed by atoms with Crippen molar-refractivity contribution in [2.24, 2.45) is 0 Å². The maximum Gasteiger partial charge on any atom is 0.317 e. The lowest BCUT2D eigenvalue weighted by atomic mass is 10.3. The Morgan fingerprint density at radius 1 is 1.33 bits per heavy atom. The Morgan fingerprint density at radius 3 is 2.85 bits per heavy atom. The van der Waals surface area contributed by atoms with Crippen LogP contribution in [0.5, 0.6) is 0 Å². The van der Waals surface area contributed by atoms with Gasteiger partial charge >= 0.3 is 5.97 Å². The van der Waals surface area contributed by atoms with Crippen molar-refractivity contribution < 1.29 is 18.7 Å². The Labute approximate surface area is 171 Å². The number of fused-ring (bicyclic) bond motifs is 1. The largest absolute Gasteiger partial charge is 0.452 e. The van der Waals surface area contributed by atoms with E-state index in [0.29, 0.717) is 4.47 Å². The maximum atomic E-state index is 13.8. The molecule has 0 spiro atoms. The molecule has 0 radical (unpaired) electrons. The molecule has 1 unspecified atom stereocenters. The fraction of sp³-hybridized carbons (Fsp3) is 0.167. The number of nitrogens with one attached hydrogen (secondary N) is 1. The quantitative estimate of drug-likeness (QED) is 0.413. The molecule has 0 saturated heterocycles. The first-order chi connectivity index (χ1) is 12.9. The van der Waals surface area contributed by atoms with Crippen molar-refractivity contribution in [2.75, 3.05) is 11.1 Å². The number of carbonyl (C=O) groups excluding carboxylic acids is 2. The molecule has 2 aromatic carbocycles. The summed E-state index contributed by atoms with van der Waals surface area (Å²) in [6.45, 7) is 1.44. The average Bonchev–Trinajstić information content (AvgIpc) is 3.05. The van der Waals surface area contributed by atoms with Crippen LogP contribution in [0.4, 0.5) is 10.1 Å². The Hall–Kier alpha value is -1.97. The van der Waals surface area contributed by atoms with E-state index in [0.717, 1.165) is 14.6 Å². The molecular formula is C18H14BrFN2O3S2. The molecule has 140 valence electrons. The normalized spacial score (nSPS) is 12.0. The first kappa shape index (κ1) is 19.8.